The van der Waals surface area contributed by atoms with Gasteiger partial charge in [-0.15, -0.1) is 0 Å². The van der Waals surface area contributed by atoms with Gasteiger partial charge in [-0.05, 0) is 54.6 Å². The normalized spacial score (nSPS) is 11.2. The summed E-state index contributed by atoms with van der Waals surface area (Å²) in [4.78, 5) is 13.6. The van der Waals surface area contributed by atoms with Crippen LogP contribution >= 0.6 is 11.6 Å². The van der Waals surface area contributed by atoms with Crippen LogP contribution in [0.3, 0.4) is 0 Å². The van der Waals surface area contributed by atoms with E-state index in [1.807, 2.05) is 0 Å². The highest BCUT2D eigenvalue weighted by Crippen LogP contribution is 2.27. The summed E-state index contributed by atoms with van der Waals surface area (Å²) in [6, 6.07) is 9.89. The van der Waals surface area contributed by atoms with Crippen molar-refractivity contribution in [1.82, 2.24) is 0 Å². The number of carbonyl (C=O) groups excluding carboxylic acids is 1. The monoisotopic (exact) mass is 483 g/mol. The summed E-state index contributed by atoms with van der Waals surface area (Å²) in [5.41, 5.74) is -0.573. The van der Waals surface area contributed by atoms with Gasteiger partial charge in [-0.1, -0.05) is 11.6 Å². The van der Waals surface area contributed by atoms with Crippen LogP contribution in [-0.2, 0) is 10.0 Å². The van der Waals surface area contributed by atoms with Gasteiger partial charge in [0.1, 0.15) is 11.5 Å². The predicted octanol–water partition coefficient (Wildman–Crippen LogP) is 4.88. The van der Waals surface area contributed by atoms with Gasteiger partial charge >= 0.3 is 0 Å². The smallest absolute Gasteiger partial charge is 0.261 e. The lowest BCUT2D eigenvalue weighted by Crippen LogP contribution is -2.17. The maximum absolute atomic E-state index is 14.2. The first-order chi connectivity index (χ1) is 15.0. The van der Waals surface area contributed by atoms with Crippen LogP contribution in [0.15, 0.2) is 59.5 Å². The Morgan fingerprint density at radius 2 is 1.50 bits per heavy atom. The first-order valence-electron chi connectivity index (χ1n) is 9.03. The van der Waals surface area contributed by atoms with Gasteiger partial charge in [-0.2, -0.15) is 0 Å². The number of nitrogens with one attached hydrogen (secondary N) is 2. The summed E-state index contributed by atoms with van der Waals surface area (Å²) in [5.74, 6) is -3.19. The van der Waals surface area contributed by atoms with E-state index >= 15 is 0 Å². The molecule has 0 fully saturated rings. The number of hydrogen-bond acceptors (Lipinski definition) is 4. The molecule has 0 saturated carbocycles. The predicted molar refractivity (Wildman–Crippen MR) is 117 cm³/mol. The molecule has 1 amide bonds. The number of anilines is 3. The van der Waals surface area contributed by atoms with Crippen LogP contribution in [0.25, 0.3) is 0 Å². The maximum Gasteiger partial charge on any atom is 0.261 e. The highest BCUT2D eigenvalue weighted by Gasteiger charge is 2.20. The minimum Gasteiger partial charge on any atom is -0.373 e. The molecule has 2 N–H and O–H groups in total. The van der Waals surface area contributed by atoms with E-state index in [9.17, 15) is 26.4 Å². The molecule has 11 heteroatoms. The van der Waals surface area contributed by atoms with Crippen molar-refractivity contribution in [2.45, 2.75) is 4.90 Å². The van der Waals surface area contributed by atoms with Gasteiger partial charge in [0.05, 0.1) is 15.5 Å². The Hall–Kier alpha value is -3.24. The van der Waals surface area contributed by atoms with Crippen LogP contribution in [0.2, 0.25) is 5.02 Å². The van der Waals surface area contributed by atoms with Crippen molar-refractivity contribution in [2.24, 2.45) is 0 Å². The summed E-state index contributed by atoms with van der Waals surface area (Å²) in [6.07, 6.45) is 0. The van der Waals surface area contributed by atoms with Crippen LogP contribution in [0, 0.1) is 17.5 Å². The molecule has 3 aromatic carbocycles. The Balaban J connectivity index is 1.88. The Kier molecular flexibility index (Phi) is 6.65. The third kappa shape index (κ3) is 5.14. The molecule has 0 atom stereocenters. The zero-order valence-electron chi connectivity index (χ0n) is 16.8. The fourth-order valence-electron chi connectivity index (χ4n) is 2.84. The fourth-order valence-corrected chi connectivity index (χ4v) is 4.13. The molecule has 0 unspecified atom stereocenters. The van der Waals surface area contributed by atoms with Gasteiger partial charge in [-0.25, -0.2) is 21.6 Å². The summed E-state index contributed by atoms with van der Waals surface area (Å²) in [5, 5.41) is 2.23. The van der Waals surface area contributed by atoms with Gasteiger partial charge in [0, 0.05) is 25.5 Å². The first-order valence-corrected chi connectivity index (χ1v) is 10.9. The molecule has 0 spiro atoms. The average molecular weight is 484 g/mol. The summed E-state index contributed by atoms with van der Waals surface area (Å²) in [7, 11) is -1.21. The van der Waals surface area contributed by atoms with E-state index in [0.717, 1.165) is 30.3 Å². The third-order valence-electron chi connectivity index (χ3n) is 4.31. The van der Waals surface area contributed by atoms with Gasteiger partial charge in [0.25, 0.3) is 15.9 Å². The van der Waals surface area contributed by atoms with Gasteiger partial charge in [0.2, 0.25) is 0 Å². The van der Waals surface area contributed by atoms with Crippen molar-refractivity contribution >= 4 is 44.6 Å². The number of halogens is 4. The van der Waals surface area contributed by atoms with Crippen molar-refractivity contribution in [2.75, 3.05) is 29.0 Å². The van der Waals surface area contributed by atoms with E-state index in [2.05, 4.69) is 10.0 Å². The molecule has 168 valence electrons. The molecule has 6 nitrogen and oxygen atoms in total. The molecular formula is C21H17ClF3N3O3S. The lowest BCUT2D eigenvalue weighted by Gasteiger charge is -2.16. The van der Waals surface area contributed by atoms with E-state index in [0.29, 0.717) is 0 Å². The topological polar surface area (TPSA) is 78.5 Å². The van der Waals surface area contributed by atoms with E-state index in [-0.39, 0.29) is 32.5 Å². The van der Waals surface area contributed by atoms with Gasteiger partial charge in [-0.3, -0.25) is 9.52 Å². The molecule has 0 aromatic heterocycles. The summed E-state index contributed by atoms with van der Waals surface area (Å²) < 4.78 is 68.9. The largest absolute Gasteiger partial charge is 0.373 e. The molecule has 3 rings (SSSR count). The molecular weight excluding hydrogens is 467 g/mol. The van der Waals surface area contributed by atoms with E-state index in [1.165, 1.54) is 43.3 Å². The number of rotatable bonds is 6. The average Bonchev–Trinajstić information content (AvgIpc) is 2.68. The third-order valence-corrected chi connectivity index (χ3v) is 6.02. The zero-order valence-corrected chi connectivity index (χ0v) is 18.4. The summed E-state index contributed by atoms with van der Waals surface area (Å²) in [6.45, 7) is 0. The minimum atomic E-state index is -4.14. The molecule has 3 aromatic rings. The SMILES string of the molecule is CN(C)c1c(F)cc(NC(=O)c2cc(S(=O)(=O)Nc3ccc(F)cc3)ccc2Cl)cc1F. The van der Waals surface area contributed by atoms with Crippen molar-refractivity contribution < 1.29 is 26.4 Å². The van der Waals surface area contributed by atoms with Crippen LogP contribution in [0.4, 0.5) is 30.2 Å². The number of amides is 1. The van der Waals surface area contributed by atoms with Crippen molar-refractivity contribution in [3.8, 4) is 0 Å². The number of carbonyl (C=O) groups is 1. The number of hydrogen-bond donors (Lipinski definition) is 2. The number of benzene rings is 3. The number of sulfonamides is 1. The standard InChI is InChI=1S/C21H17ClF3N3O3S/c1-28(2)20-18(24)9-14(10-19(20)25)26-21(29)16-11-15(7-8-17(16)22)32(30,31)27-13-5-3-12(23)4-6-13/h3-11,27H,1-2H3,(H,26,29). The van der Waals surface area contributed by atoms with Crippen molar-refractivity contribution in [3.63, 3.8) is 0 Å². The first kappa shape index (κ1) is 23.4. The van der Waals surface area contributed by atoms with Crippen molar-refractivity contribution in [3.05, 3.63) is 82.6 Å². The van der Waals surface area contributed by atoms with Crippen LogP contribution in [0.1, 0.15) is 10.4 Å². The molecule has 0 heterocycles. The van der Waals surface area contributed by atoms with Crippen molar-refractivity contribution in [1.29, 1.82) is 0 Å². The van der Waals surface area contributed by atoms with Crippen LogP contribution in [-0.4, -0.2) is 28.4 Å². The minimum absolute atomic E-state index is 0.0749. The van der Waals surface area contributed by atoms with Crippen LogP contribution in [0.5, 0.6) is 0 Å². The Bertz CT molecular complexity index is 1260. The Labute approximate surface area is 187 Å². The highest BCUT2D eigenvalue weighted by molar-refractivity contribution is 7.92. The highest BCUT2D eigenvalue weighted by atomic mass is 35.5. The zero-order chi connectivity index (χ0) is 23.6. The molecule has 0 aliphatic rings. The van der Waals surface area contributed by atoms with Crippen LogP contribution < -0.4 is 14.9 Å². The Morgan fingerprint density at radius 3 is 2.06 bits per heavy atom. The van der Waals surface area contributed by atoms with E-state index < -0.39 is 33.4 Å². The Morgan fingerprint density at radius 1 is 0.906 bits per heavy atom. The molecule has 0 bridgehead atoms. The molecule has 0 aliphatic heterocycles. The molecule has 0 saturated heterocycles. The van der Waals surface area contributed by atoms with E-state index in [1.54, 1.807) is 0 Å². The fraction of sp³-hybridized carbons (Fsp3) is 0.0952. The summed E-state index contributed by atoms with van der Waals surface area (Å²) >= 11 is 6.04. The lowest BCUT2D eigenvalue weighted by molar-refractivity contribution is 0.102. The molecule has 32 heavy (non-hydrogen) atoms. The quantitative estimate of drug-likeness (QED) is 0.524. The second-order valence-electron chi connectivity index (χ2n) is 6.89. The lowest BCUT2D eigenvalue weighted by atomic mass is 10.2. The second kappa shape index (κ2) is 9.09. The van der Waals surface area contributed by atoms with Gasteiger partial charge < -0.3 is 10.2 Å². The number of nitrogens with zero attached hydrogens (tertiary/aromatic N) is 1. The maximum atomic E-state index is 14.2. The second-order valence-corrected chi connectivity index (χ2v) is 8.98. The molecule has 0 radical (unpaired) electrons. The van der Waals surface area contributed by atoms with Gasteiger partial charge in [0.15, 0.2) is 11.6 Å². The molecule has 0 aliphatic carbocycles. The van der Waals surface area contributed by atoms with E-state index in [4.69, 9.17) is 11.6 Å².